The number of rotatable bonds is 6. The Labute approximate surface area is 179 Å². The zero-order valence-corrected chi connectivity index (χ0v) is 18.1. The van der Waals surface area contributed by atoms with E-state index >= 15 is 0 Å². The predicted octanol–water partition coefficient (Wildman–Crippen LogP) is 3.29. The van der Waals surface area contributed by atoms with Gasteiger partial charge in [-0.3, -0.25) is 4.79 Å². The molecule has 0 aliphatic carbocycles. The molecule has 7 nitrogen and oxygen atoms in total. The fourth-order valence-corrected chi connectivity index (χ4v) is 4.09. The Morgan fingerprint density at radius 2 is 2.13 bits per heavy atom. The van der Waals surface area contributed by atoms with Crippen molar-refractivity contribution >= 4 is 33.2 Å². The molecule has 0 saturated carbocycles. The molecule has 1 aliphatic heterocycles. The second kappa shape index (κ2) is 9.09. The van der Waals surface area contributed by atoms with Gasteiger partial charge in [0.25, 0.3) is 5.91 Å². The first-order chi connectivity index (χ1) is 14.2. The summed E-state index contributed by atoms with van der Waals surface area (Å²) in [6, 6.07) is 4.14. The molecule has 2 atom stereocenters. The zero-order chi connectivity index (χ0) is 21.9. The molecule has 1 aromatic carbocycles. The molecule has 1 aliphatic rings. The van der Waals surface area contributed by atoms with Gasteiger partial charge in [0.05, 0.1) is 23.5 Å². The van der Waals surface area contributed by atoms with Crippen LogP contribution >= 0.6 is 11.6 Å². The average Bonchev–Trinajstić information content (AvgIpc) is 3.17. The molecular weight excluding hydrogens is 431 g/mol. The predicted molar refractivity (Wildman–Crippen MR) is 114 cm³/mol. The van der Waals surface area contributed by atoms with Gasteiger partial charge >= 0.3 is 0 Å². The van der Waals surface area contributed by atoms with Gasteiger partial charge in [0.1, 0.15) is 17.3 Å². The molecule has 1 fully saturated rings. The topological polar surface area (TPSA) is 92.3 Å². The van der Waals surface area contributed by atoms with E-state index in [9.17, 15) is 17.6 Å². The maximum atomic E-state index is 13.9. The van der Waals surface area contributed by atoms with Crippen molar-refractivity contribution < 1.29 is 17.6 Å². The lowest BCUT2D eigenvalue weighted by atomic mass is 10.0. The van der Waals surface area contributed by atoms with Crippen LogP contribution < -0.4 is 10.2 Å². The number of aromatic nitrogens is 2. The molecule has 1 saturated heterocycles. The van der Waals surface area contributed by atoms with Crippen molar-refractivity contribution in [1.29, 1.82) is 0 Å². The number of carbonyl (C=O) groups is 1. The summed E-state index contributed by atoms with van der Waals surface area (Å²) in [4.78, 5) is 22.8. The van der Waals surface area contributed by atoms with E-state index < -0.39 is 27.6 Å². The SMILES string of the molecule is C[C@H](/C=C/S(C)(=O)=O)NC(=O)c1cnc(N2CCC[C@H]2c2cccc(F)c2Cl)cn1. The van der Waals surface area contributed by atoms with E-state index in [1.807, 2.05) is 4.90 Å². The molecule has 1 amide bonds. The fourth-order valence-electron chi connectivity index (χ4n) is 3.32. The van der Waals surface area contributed by atoms with Crippen LogP contribution in [0.5, 0.6) is 0 Å². The molecule has 2 heterocycles. The van der Waals surface area contributed by atoms with E-state index in [1.54, 1.807) is 19.1 Å². The summed E-state index contributed by atoms with van der Waals surface area (Å²) in [7, 11) is -3.27. The Morgan fingerprint density at radius 3 is 2.80 bits per heavy atom. The number of sulfone groups is 1. The molecule has 1 aromatic heterocycles. The van der Waals surface area contributed by atoms with Crippen LogP contribution in [0.4, 0.5) is 10.2 Å². The summed E-state index contributed by atoms with van der Waals surface area (Å²) in [5, 5.41) is 3.79. The first-order valence-corrected chi connectivity index (χ1v) is 11.7. The lowest BCUT2D eigenvalue weighted by molar-refractivity contribution is 0.0941. The largest absolute Gasteiger partial charge is 0.348 e. The Kier molecular flexibility index (Phi) is 6.72. The number of halogens is 2. The number of hydrogen-bond donors (Lipinski definition) is 1. The monoisotopic (exact) mass is 452 g/mol. The number of benzene rings is 1. The lowest BCUT2D eigenvalue weighted by Crippen LogP contribution is -2.32. The first-order valence-electron chi connectivity index (χ1n) is 9.37. The Hall–Kier alpha value is -2.52. The van der Waals surface area contributed by atoms with Gasteiger partial charge in [0, 0.05) is 24.3 Å². The highest BCUT2D eigenvalue weighted by Gasteiger charge is 2.29. The van der Waals surface area contributed by atoms with Crippen LogP contribution in [0.25, 0.3) is 0 Å². The van der Waals surface area contributed by atoms with Gasteiger partial charge in [-0.25, -0.2) is 22.8 Å². The summed E-state index contributed by atoms with van der Waals surface area (Å²) >= 11 is 6.16. The quantitative estimate of drug-likeness (QED) is 0.723. The maximum Gasteiger partial charge on any atom is 0.271 e. The van der Waals surface area contributed by atoms with Crippen molar-refractivity contribution in [3.63, 3.8) is 0 Å². The van der Waals surface area contributed by atoms with Crippen LogP contribution in [-0.4, -0.2) is 43.1 Å². The average molecular weight is 453 g/mol. The van der Waals surface area contributed by atoms with Crippen LogP contribution in [0.15, 0.2) is 42.1 Å². The van der Waals surface area contributed by atoms with Gasteiger partial charge in [-0.05, 0) is 31.4 Å². The molecule has 3 rings (SSSR count). The normalized spacial score (nSPS) is 18.0. The Morgan fingerprint density at radius 1 is 1.37 bits per heavy atom. The first kappa shape index (κ1) is 22.2. The standard InChI is InChI=1S/C20H22ClFN4O3S/c1-13(8-10-30(2,28)29)25-20(27)16-11-24-18(12-23-16)26-9-4-7-17(26)14-5-3-6-15(22)19(14)21/h3,5-6,8,10-13,17H,4,7,9H2,1-2H3,(H,25,27)/b10-8+/t13-,17+/m1/s1. The maximum absolute atomic E-state index is 13.9. The van der Waals surface area contributed by atoms with Gasteiger partial charge in [-0.1, -0.05) is 29.8 Å². The highest BCUT2D eigenvalue weighted by Crippen LogP contribution is 2.38. The van der Waals surface area contributed by atoms with E-state index in [2.05, 4.69) is 15.3 Å². The number of amides is 1. The molecular formula is C20H22ClFN4O3S. The summed E-state index contributed by atoms with van der Waals surface area (Å²) in [6.45, 7) is 2.37. The number of nitrogens with zero attached hydrogens (tertiary/aromatic N) is 3. The highest BCUT2D eigenvalue weighted by atomic mass is 35.5. The molecule has 1 N–H and O–H groups in total. The molecule has 2 aromatic rings. The molecule has 30 heavy (non-hydrogen) atoms. The minimum atomic E-state index is -3.27. The summed E-state index contributed by atoms with van der Waals surface area (Å²) < 4.78 is 36.2. The highest BCUT2D eigenvalue weighted by molar-refractivity contribution is 7.93. The molecule has 0 radical (unpaired) electrons. The van der Waals surface area contributed by atoms with E-state index in [0.717, 1.165) is 24.5 Å². The third kappa shape index (κ3) is 5.34. The Bertz CT molecular complexity index is 1060. The Balaban J connectivity index is 1.72. The van der Waals surface area contributed by atoms with E-state index in [1.165, 1.54) is 24.5 Å². The zero-order valence-electron chi connectivity index (χ0n) is 16.5. The molecule has 0 bridgehead atoms. The van der Waals surface area contributed by atoms with Crippen molar-refractivity contribution in [3.8, 4) is 0 Å². The van der Waals surface area contributed by atoms with Crippen LogP contribution in [-0.2, 0) is 9.84 Å². The van der Waals surface area contributed by atoms with E-state index in [4.69, 9.17) is 11.6 Å². The minimum Gasteiger partial charge on any atom is -0.348 e. The second-order valence-electron chi connectivity index (χ2n) is 7.17. The molecule has 0 unspecified atom stereocenters. The third-order valence-electron chi connectivity index (χ3n) is 4.73. The number of hydrogen-bond acceptors (Lipinski definition) is 6. The van der Waals surface area contributed by atoms with Gasteiger partial charge in [-0.15, -0.1) is 0 Å². The van der Waals surface area contributed by atoms with Gasteiger partial charge in [0.15, 0.2) is 9.84 Å². The fraction of sp³-hybridized carbons (Fsp3) is 0.350. The van der Waals surface area contributed by atoms with E-state index in [0.29, 0.717) is 17.9 Å². The van der Waals surface area contributed by atoms with Crippen LogP contribution in [0, 0.1) is 5.82 Å². The summed E-state index contributed by atoms with van der Waals surface area (Å²) in [6.07, 6.45) is 7.01. The van der Waals surface area contributed by atoms with Crippen molar-refractivity contribution in [1.82, 2.24) is 15.3 Å². The van der Waals surface area contributed by atoms with Crippen LogP contribution in [0.1, 0.15) is 41.9 Å². The van der Waals surface area contributed by atoms with Crippen molar-refractivity contribution in [3.05, 3.63) is 64.2 Å². The molecule has 10 heteroatoms. The molecule has 160 valence electrons. The van der Waals surface area contributed by atoms with Crippen LogP contribution in [0.3, 0.4) is 0 Å². The minimum absolute atomic E-state index is 0.106. The van der Waals surface area contributed by atoms with Crippen molar-refractivity contribution in [2.24, 2.45) is 0 Å². The number of anilines is 1. The third-order valence-corrected chi connectivity index (χ3v) is 5.78. The van der Waals surface area contributed by atoms with Crippen molar-refractivity contribution in [2.75, 3.05) is 17.7 Å². The van der Waals surface area contributed by atoms with Crippen molar-refractivity contribution in [2.45, 2.75) is 31.8 Å². The molecule has 0 spiro atoms. The smallest absolute Gasteiger partial charge is 0.271 e. The summed E-state index contributed by atoms with van der Waals surface area (Å²) in [5.74, 6) is -0.358. The summed E-state index contributed by atoms with van der Waals surface area (Å²) in [5.41, 5.74) is 0.808. The van der Waals surface area contributed by atoms with Gasteiger partial charge < -0.3 is 10.2 Å². The van der Waals surface area contributed by atoms with Crippen LogP contribution in [0.2, 0.25) is 5.02 Å². The number of nitrogens with one attached hydrogen (secondary N) is 1. The van der Waals surface area contributed by atoms with Gasteiger partial charge in [-0.2, -0.15) is 0 Å². The van der Waals surface area contributed by atoms with E-state index in [-0.39, 0.29) is 16.8 Å². The van der Waals surface area contributed by atoms with Gasteiger partial charge in [0.2, 0.25) is 0 Å². The second-order valence-corrected chi connectivity index (χ2v) is 9.48. The lowest BCUT2D eigenvalue weighted by Gasteiger charge is -2.26. The number of carbonyl (C=O) groups excluding carboxylic acids is 1.